The predicted molar refractivity (Wildman–Crippen MR) is 86.1 cm³/mol. The van der Waals surface area contributed by atoms with Gasteiger partial charge < -0.3 is 10.0 Å². The van der Waals surface area contributed by atoms with E-state index in [1.54, 1.807) is 11.9 Å². The molecule has 0 radical (unpaired) electrons. The van der Waals surface area contributed by atoms with Gasteiger partial charge in [0, 0.05) is 37.8 Å². The smallest absolute Gasteiger partial charge is 0.303 e. The summed E-state index contributed by atoms with van der Waals surface area (Å²) in [5.41, 5.74) is 2.85. The molecule has 122 valence electrons. The molecular weight excluding hydrogens is 302 g/mol. The summed E-state index contributed by atoms with van der Waals surface area (Å²) in [4.78, 5) is 32.9. The average molecular weight is 325 g/mol. The van der Waals surface area contributed by atoms with Crippen LogP contribution < -0.4 is 0 Å². The lowest BCUT2D eigenvalue weighted by molar-refractivity contribution is -0.138. The number of aromatic nitrogens is 2. The number of carboxylic acids is 1. The molecule has 0 fully saturated rings. The highest BCUT2D eigenvalue weighted by molar-refractivity contribution is 7.98. The second-order valence-corrected chi connectivity index (χ2v) is 5.95. The van der Waals surface area contributed by atoms with Crippen molar-refractivity contribution in [3.63, 3.8) is 0 Å². The zero-order chi connectivity index (χ0) is 16.7. The Bertz CT molecular complexity index is 526. The lowest BCUT2D eigenvalue weighted by Crippen LogP contribution is -2.28. The van der Waals surface area contributed by atoms with E-state index in [9.17, 15) is 9.59 Å². The van der Waals surface area contributed by atoms with E-state index in [0.717, 1.165) is 22.1 Å². The Morgan fingerprint density at radius 3 is 2.27 bits per heavy atom. The number of carboxylic acid groups (broad SMARTS) is 1. The van der Waals surface area contributed by atoms with Crippen LogP contribution in [0.1, 0.15) is 36.2 Å². The van der Waals surface area contributed by atoms with Gasteiger partial charge in [-0.15, -0.1) is 0 Å². The highest BCUT2D eigenvalue weighted by Gasteiger charge is 2.13. The van der Waals surface area contributed by atoms with E-state index in [0.29, 0.717) is 25.8 Å². The van der Waals surface area contributed by atoms with Gasteiger partial charge in [-0.2, -0.15) is 0 Å². The molecule has 1 aromatic rings. The van der Waals surface area contributed by atoms with Crippen molar-refractivity contribution in [1.29, 1.82) is 0 Å². The molecule has 22 heavy (non-hydrogen) atoms. The van der Waals surface area contributed by atoms with Crippen LogP contribution in [-0.2, 0) is 16.0 Å². The van der Waals surface area contributed by atoms with E-state index < -0.39 is 5.97 Å². The molecule has 1 aromatic heterocycles. The maximum atomic E-state index is 12.1. The summed E-state index contributed by atoms with van der Waals surface area (Å²) in [6.07, 6.45) is 3.48. The van der Waals surface area contributed by atoms with Crippen LogP contribution in [0.15, 0.2) is 5.16 Å². The monoisotopic (exact) mass is 325 g/mol. The molecular formula is C15H23N3O3S. The van der Waals surface area contributed by atoms with Crippen molar-refractivity contribution < 1.29 is 14.7 Å². The zero-order valence-corrected chi connectivity index (χ0v) is 14.4. The number of rotatable bonds is 8. The van der Waals surface area contributed by atoms with Crippen molar-refractivity contribution in [1.82, 2.24) is 14.9 Å². The number of hydrogen-bond donors (Lipinski definition) is 1. The third-order valence-corrected chi connectivity index (χ3v) is 4.03. The Kier molecular flexibility index (Phi) is 7.31. The van der Waals surface area contributed by atoms with Gasteiger partial charge in [-0.3, -0.25) is 9.59 Å². The molecule has 0 bridgehead atoms. The van der Waals surface area contributed by atoms with Gasteiger partial charge in [0.1, 0.15) is 0 Å². The van der Waals surface area contributed by atoms with E-state index in [1.807, 2.05) is 20.1 Å². The van der Waals surface area contributed by atoms with Crippen LogP contribution >= 0.6 is 11.8 Å². The molecule has 0 spiro atoms. The third kappa shape index (κ3) is 5.63. The molecule has 6 nitrogen and oxygen atoms in total. The number of hydrogen-bond acceptors (Lipinski definition) is 5. The van der Waals surface area contributed by atoms with E-state index in [4.69, 9.17) is 5.11 Å². The van der Waals surface area contributed by atoms with Crippen LogP contribution in [0.4, 0.5) is 0 Å². The van der Waals surface area contributed by atoms with Crippen LogP contribution in [0.3, 0.4) is 0 Å². The van der Waals surface area contributed by atoms with Gasteiger partial charge >= 0.3 is 5.97 Å². The largest absolute Gasteiger partial charge is 0.481 e. The second kappa shape index (κ2) is 8.73. The Balaban J connectivity index is 2.55. The van der Waals surface area contributed by atoms with Gasteiger partial charge in [0.25, 0.3) is 0 Å². The first-order valence-electron chi connectivity index (χ1n) is 7.19. The fourth-order valence-corrected chi connectivity index (χ4v) is 2.63. The van der Waals surface area contributed by atoms with Crippen molar-refractivity contribution >= 4 is 23.6 Å². The van der Waals surface area contributed by atoms with Crippen LogP contribution in [0.5, 0.6) is 0 Å². The number of amides is 1. The van der Waals surface area contributed by atoms with Gasteiger partial charge in [0.2, 0.25) is 5.91 Å². The summed E-state index contributed by atoms with van der Waals surface area (Å²) in [5.74, 6) is -0.823. The fraction of sp³-hybridized carbons (Fsp3) is 0.600. The van der Waals surface area contributed by atoms with Crippen molar-refractivity contribution in [2.75, 3.05) is 19.8 Å². The Labute approximate surface area is 135 Å². The predicted octanol–water partition coefficient (Wildman–Crippen LogP) is 2.07. The second-order valence-electron chi connectivity index (χ2n) is 5.17. The number of carbonyl (C=O) groups excluding carboxylic acids is 1. The van der Waals surface area contributed by atoms with Gasteiger partial charge in [0.05, 0.1) is 0 Å². The van der Waals surface area contributed by atoms with Crippen LogP contribution in [0.25, 0.3) is 0 Å². The molecule has 0 aliphatic heterocycles. The molecule has 1 N–H and O–H groups in total. The Hall–Kier alpha value is -1.63. The molecule has 0 unspecified atom stereocenters. The molecule has 0 aromatic carbocycles. The quantitative estimate of drug-likeness (QED) is 0.582. The normalized spacial score (nSPS) is 10.5. The maximum absolute atomic E-state index is 12.1. The lowest BCUT2D eigenvalue weighted by atomic mass is 10.1. The number of thioether (sulfide) groups is 1. The summed E-state index contributed by atoms with van der Waals surface area (Å²) in [5, 5.41) is 9.35. The molecule has 0 aliphatic rings. The van der Waals surface area contributed by atoms with Crippen molar-refractivity contribution in [3.8, 4) is 0 Å². The first kappa shape index (κ1) is 18.4. The van der Waals surface area contributed by atoms with Gasteiger partial charge in [-0.25, -0.2) is 9.97 Å². The maximum Gasteiger partial charge on any atom is 0.303 e. The summed E-state index contributed by atoms with van der Waals surface area (Å²) in [6, 6.07) is 0. The molecule has 1 amide bonds. The van der Waals surface area contributed by atoms with E-state index in [-0.39, 0.29) is 12.3 Å². The molecule has 0 saturated heterocycles. The van der Waals surface area contributed by atoms with Crippen LogP contribution in [0, 0.1) is 13.8 Å². The zero-order valence-electron chi connectivity index (χ0n) is 13.5. The van der Waals surface area contributed by atoms with Gasteiger partial charge in [-0.1, -0.05) is 11.8 Å². The first-order chi connectivity index (χ1) is 10.3. The van der Waals surface area contributed by atoms with E-state index in [2.05, 4.69) is 9.97 Å². The van der Waals surface area contributed by atoms with Gasteiger partial charge in [0.15, 0.2) is 5.16 Å². The fourth-order valence-electron chi connectivity index (χ4n) is 2.18. The minimum absolute atomic E-state index is 0.0122. The Morgan fingerprint density at radius 1 is 1.18 bits per heavy atom. The summed E-state index contributed by atoms with van der Waals surface area (Å²) in [6.45, 7) is 4.33. The minimum atomic E-state index is -0.835. The molecule has 0 atom stereocenters. The minimum Gasteiger partial charge on any atom is -0.481 e. The number of carbonyl (C=O) groups is 2. The molecule has 0 aliphatic carbocycles. The average Bonchev–Trinajstić information content (AvgIpc) is 2.45. The van der Waals surface area contributed by atoms with E-state index in [1.165, 1.54) is 11.8 Å². The lowest BCUT2D eigenvalue weighted by Gasteiger charge is -2.17. The van der Waals surface area contributed by atoms with Crippen molar-refractivity contribution in [2.45, 2.75) is 44.7 Å². The molecule has 1 rings (SSSR count). The molecule has 0 saturated carbocycles. The first-order valence-corrected chi connectivity index (χ1v) is 8.41. The van der Waals surface area contributed by atoms with Crippen molar-refractivity contribution in [3.05, 3.63) is 17.0 Å². The third-order valence-electron chi connectivity index (χ3n) is 3.48. The van der Waals surface area contributed by atoms with Crippen molar-refractivity contribution in [2.24, 2.45) is 0 Å². The van der Waals surface area contributed by atoms with Crippen LogP contribution in [-0.4, -0.2) is 51.7 Å². The summed E-state index contributed by atoms with van der Waals surface area (Å²) < 4.78 is 0. The summed E-state index contributed by atoms with van der Waals surface area (Å²) >= 11 is 1.50. The van der Waals surface area contributed by atoms with Gasteiger partial charge in [-0.05, 0) is 38.5 Å². The number of aryl methyl sites for hydroxylation is 2. The summed E-state index contributed by atoms with van der Waals surface area (Å²) in [7, 11) is 1.71. The number of nitrogens with zero attached hydrogens (tertiary/aromatic N) is 3. The standard InChI is InChI=1S/C15H23N3O3S/c1-10-12(11(2)17-15(16-10)22-4)7-8-13(19)18(3)9-5-6-14(20)21/h5-9H2,1-4H3,(H,20,21). The highest BCUT2D eigenvalue weighted by atomic mass is 32.2. The topological polar surface area (TPSA) is 83.4 Å². The van der Waals surface area contributed by atoms with E-state index >= 15 is 0 Å². The molecule has 1 heterocycles. The Morgan fingerprint density at radius 2 is 1.77 bits per heavy atom. The SMILES string of the molecule is CSc1nc(C)c(CCC(=O)N(C)CCCC(=O)O)c(C)n1. The van der Waals surface area contributed by atoms with Crippen LogP contribution in [0.2, 0.25) is 0 Å². The highest BCUT2D eigenvalue weighted by Crippen LogP contribution is 2.17. The molecule has 7 heteroatoms. The number of aliphatic carboxylic acids is 1.